The van der Waals surface area contributed by atoms with Crippen molar-refractivity contribution in [1.82, 2.24) is 19.9 Å². The van der Waals surface area contributed by atoms with E-state index in [2.05, 4.69) is 44.2 Å². The molecular weight excluding hydrogens is 478 g/mol. The Hall–Kier alpha value is -4.26. The minimum atomic E-state index is -0.452. The number of hydrogen-bond acceptors (Lipinski definition) is 4. The van der Waals surface area contributed by atoms with Crippen LogP contribution in [-0.2, 0) is 16.0 Å². The number of hydrogen-bond donors (Lipinski definition) is 2. The number of non-ortho nitro benzene ring substituents is 1. The van der Waals surface area contributed by atoms with E-state index in [9.17, 15) is 10.1 Å². The molecule has 8 heteroatoms. The zero-order valence-corrected chi connectivity index (χ0v) is 18.6. The fourth-order valence-electron chi connectivity index (χ4n) is 3.49. The first-order valence-electron chi connectivity index (χ1n) is 10.4. The number of aromatic amines is 2. The third-order valence-electron chi connectivity index (χ3n) is 5.05. The Morgan fingerprint density at radius 1 is 0.618 bits per heavy atom. The molecule has 0 spiro atoms. The zero-order chi connectivity index (χ0) is 23.5. The molecule has 0 fully saturated rings. The van der Waals surface area contributed by atoms with Crippen LogP contribution in [0.3, 0.4) is 0 Å². The van der Waals surface area contributed by atoms with E-state index in [-0.39, 0.29) is 5.69 Å². The number of nitrogens with zero attached hydrogens (tertiary/aromatic N) is 3. The normalized spacial score (nSPS) is 11.7. The standard InChI is InChI=1S/C20H14N4.C6H4NO2.Cu/c1-2-14-10-16-5-6-18(23-16)12-20-8-7-19(24-20)11-17-4-3-15(22-17)9-13(1)21-14;8-7(9)6-4-2-1-3-5-6;/h1-12,21,24H;2-5H;. The second kappa shape index (κ2) is 9.31. The molecule has 4 aromatic rings. The molecule has 7 nitrogen and oxygen atoms in total. The molecule has 34 heavy (non-hydrogen) atoms. The third kappa shape index (κ3) is 5.20. The van der Waals surface area contributed by atoms with Crippen LogP contribution in [0.1, 0.15) is 22.8 Å². The van der Waals surface area contributed by atoms with Crippen LogP contribution in [0.4, 0.5) is 5.69 Å². The molecule has 0 radical (unpaired) electrons. The third-order valence-corrected chi connectivity index (χ3v) is 5.37. The van der Waals surface area contributed by atoms with Crippen molar-refractivity contribution in [2.75, 3.05) is 0 Å². The Morgan fingerprint density at radius 2 is 0.971 bits per heavy atom. The number of benzene rings is 1. The first-order chi connectivity index (χ1) is 16.5. The van der Waals surface area contributed by atoms with E-state index < -0.39 is 4.92 Å². The van der Waals surface area contributed by atoms with Gasteiger partial charge in [-0.25, -0.2) is 9.97 Å². The number of fused-ring (bicyclic) bond motifs is 8. The van der Waals surface area contributed by atoms with Crippen molar-refractivity contribution in [3.05, 3.63) is 106 Å². The second-order valence-corrected chi connectivity index (χ2v) is 8.14. The van der Waals surface area contributed by atoms with Crippen molar-refractivity contribution in [1.29, 1.82) is 0 Å². The second-order valence-electron chi connectivity index (χ2n) is 7.59. The number of rotatable bonds is 1. The summed E-state index contributed by atoms with van der Waals surface area (Å²) in [7, 11) is 0. The van der Waals surface area contributed by atoms with Gasteiger partial charge in [0.25, 0.3) is 0 Å². The summed E-state index contributed by atoms with van der Waals surface area (Å²) >= 11 is 4.88. The first-order valence-corrected chi connectivity index (χ1v) is 10.9. The molecule has 1 aromatic carbocycles. The van der Waals surface area contributed by atoms with Gasteiger partial charge in [0.2, 0.25) is 0 Å². The summed E-state index contributed by atoms with van der Waals surface area (Å²) in [6.45, 7) is 0. The molecule has 0 saturated carbocycles. The van der Waals surface area contributed by atoms with Gasteiger partial charge in [0, 0.05) is 22.1 Å². The Kier molecular flexibility index (Phi) is 5.91. The summed E-state index contributed by atoms with van der Waals surface area (Å²) in [5.74, 6) is 0. The molecule has 0 unspecified atom stereocenters. The number of aromatic nitrogens is 4. The van der Waals surface area contributed by atoms with E-state index in [0.29, 0.717) is 4.46 Å². The molecule has 0 aliphatic carbocycles. The van der Waals surface area contributed by atoms with Crippen LogP contribution in [0.2, 0.25) is 0 Å². The van der Waals surface area contributed by atoms with Gasteiger partial charge < -0.3 is 9.97 Å². The summed E-state index contributed by atoms with van der Waals surface area (Å²) in [5.41, 5.74) is 7.93. The maximum absolute atomic E-state index is 10.1. The van der Waals surface area contributed by atoms with Gasteiger partial charge in [-0.1, -0.05) is 0 Å². The number of nitro benzene ring substituents is 1. The minimum absolute atomic E-state index is 0.0741. The molecule has 3 aromatic heterocycles. The van der Waals surface area contributed by atoms with Gasteiger partial charge in [0.15, 0.2) is 0 Å². The van der Waals surface area contributed by atoms with Crippen molar-refractivity contribution in [2.45, 2.75) is 0 Å². The van der Waals surface area contributed by atoms with Gasteiger partial charge in [0.1, 0.15) is 0 Å². The predicted octanol–water partition coefficient (Wildman–Crippen LogP) is 5.42. The van der Waals surface area contributed by atoms with Crippen molar-refractivity contribution in [3.8, 4) is 0 Å². The summed E-state index contributed by atoms with van der Waals surface area (Å²) in [6, 6.07) is 22.2. The number of nitro groups is 1. The van der Waals surface area contributed by atoms with E-state index in [1.165, 1.54) is 24.3 Å². The van der Waals surface area contributed by atoms with Crippen molar-refractivity contribution in [3.63, 3.8) is 0 Å². The average Bonchev–Trinajstić information content (AvgIpc) is 3.60. The molecule has 0 atom stereocenters. The zero-order valence-electron chi connectivity index (χ0n) is 17.7. The van der Waals surface area contributed by atoms with Gasteiger partial charge >= 0.3 is 65.5 Å². The summed E-state index contributed by atoms with van der Waals surface area (Å²) in [6.07, 6.45) is 8.09. The van der Waals surface area contributed by atoms with E-state index in [0.717, 1.165) is 44.8 Å². The Morgan fingerprint density at radius 3 is 1.29 bits per heavy atom. The Bertz CT molecular complexity index is 1420. The summed E-state index contributed by atoms with van der Waals surface area (Å²) < 4.78 is 0.595. The molecule has 0 saturated heterocycles. The average molecular weight is 496 g/mol. The monoisotopic (exact) mass is 495 g/mol. The first kappa shape index (κ1) is 21.6. The molecule has 170 valence electrons. The van der Waals surface area contributed by atoms with Crippen molar-refractivity contribution >= 4 is 56.5 Å². The molecule has 8 bridgehead atoms. The fraction of sp³-hybridized carbons (Fsp3) is 0. The van der Waals surface area contributed by atoms with Gasteiger partial charge in [0.05, 0.1) is 22.8 Å². The molecule has 2 aliphatic rings. The van der Waals surface area contributed by atoms with Crippen molar-refractivity contribution in [2.24, 2.45) is 0 Å². The van der Waals surface area contributed by atoms with Gasteiger partial charge in [-0.3, -0.25) is 0 Å². The van der Waals surface area contributed by atoms with Crippen molar-refractivity contribution < 1.29 is 20.9 Å². The summed E-state index contributed by atoms with van der Waals surface area (Å²) in [5, 5.41) is 10.1. The van der Waals surface area contributed by atoms with Crippen LogP contribution < -0.4 is 4.46 Å². The molecule has 2 N–H and O–H groups in total. The molecule has 0 amide bonds. The SMILES string of the molecule is C1=Cc2cc3ccc(cc4nc(cc5ccc(cc1n2)[nH]5)C=C4)[nH]3.O=[N+]([O-])c1cc[c]([Cu])cc1. The van der Waals surface area contributed by atoms with Crippen LogP contribution in [-0.4, -0.2) is 24.9 Å². The van der Waals surface area contributed by atoms with Crippen LogP contribution in [0.5, 0.6) is 0 Å². The molecule has 5 heterocycles. The van der Waals surface area contributed by atoms with Crippen LogP contribution in [0, 0.1) is 10.1 Å². The topological polar surface area (TPSA) is 101 Å². The van der Waals surface area contributed by atoms with E-state index in [1.54, 1.807) is 0 Å². The van der Waals surface area contributed by atoms with E-state index in [4.69, 9.17) is 16.0 Å². The quantitative estimate of drug-likeness (QED) is 0.180. The van der Waals surface area contributed by atoms with E-state index >= 15 is 0 Å². The Labute approximate surface area is 202 Å². The van der Waals surface area contributed by atoms with Crippen LogP contribution in [0.15, 0.2) is 72.8 Å². The van der Waals surface area contributed by atoms with Gasteiger partial charge in [-0.2, -0.15) is 0 Å². The van der Waals surface area contributed by atoms with Crippen LogP contribution >= 0.6 is 0 Å². The summed E-state index contributed by atoms with van der Waals surface area (Å²) in [4.78, 5) is 25.7. The van der Waals surface area contributed by atoms with Crippen LogP contribution in [0.25, 0.3) is 46.4 Å². The number of H-pyrrole nitrogens is 2. The maximum atomic E-state index is 10.1. The van der Waals surface area contributed by atoms with Gasteiger partial charge in [-0.05, 0) is 72.8 Å². The Balaban J connectivity index is 0.000000204. The fourth-order valence-corrected chi connectivity index (χ4v) is 3.65. The van der Waals surface area contributed by atoms with E-state index in [1.807, 2.05) is 48.6 Å². The molecule has 6 rings (SSSR count). The van der Waals surface area contributed by atoms with Gasteiger partial charge in [-0.15, -0.1) is 0 Å². The molecular formula is C26H18CuN5O2. The predicted molar refractivity (Wildman–Crippen MR) is 132 cm³/mol. The number of nitrogens with one attached hydrogen (secondary N) is 2. The molecule has 2 aliphatic heterocycles.